The molecule has 0 aromatic heterocycles. The standard InChI is InChI=1S/C12H14N2O2/c1-9-11(10-7-5-4-6-8-10)14(16)12(2,3)13(9)15/h4-8H,1-3H3. The summed E-state index contributed by atoms with van der Waals surface area (Å²) in [6.07, 6.45) is 0. The molecule has 0 bridgehead atoms. The molecule has 0 atom stereocenters. The first-order chi connectivity index (χ1) is 7.46. The molecule has 0 fully saturated rings. The molecule has 0 spiro atoms. The lowest BCUT2D eigenvalue weighted by Gasteiger charge is -2.31. The van der Waals surface area contributed by atoms with Crippen molar-refractivity contribution in [2.24, 2.45) is 0 Å². The summed E-state index contributed by atoms with van der Waals surface area (Å²) in [6, 6.07) is 9.25. The van der Waals surface area contributed by atoms with Gasteiger partial charge in [0.1, 0.15) is 0 Å². The van der Waals surface area contributed by atoms with E-state index in [4.69, 9.17) is 0 Å². The van der Waals surface area contributed by atoms with Crippen molar-refractivity contribution in [1.29, 1.82) is 0 Å². The summed E-state index contributed by atoms with van der Waals surface area (Å²) in [5.41, 5.74) is 0.642. The third kappa shape index (κ3) is 1.34. The number of hydrogen-bond donors (Lipinski definition) is 0. The molecule has 0 radical (unpaired) electrons. The van der Waals surface area contributed by atoms with Gasteiger partial charge in [-0.15, -0.1) is 0 Å². The summed E-state index contributed by atoms with van der Waals surface area (Å²) in [5, 5.41) is 12.6. The molecule has 0 aliphatic carbocycles. The summed E-state index contributed by atoms with van der Waals surface area (Å²) in [4.78, 5) is 12.1. The Kier molecular flexibility index (Phi) is 2.31. The minimum Gasteiger partial charge on any atom is -0.753 e. The Labute approximate surface area is 94.3 Å². The van der Waals surface area contributed by atoms with E-state index in [2.05, 4.69) is 0 Å². The Morgan fingerprint density at radius 2 is 1.81 bits per heavy atom. The molecule has 0 N–H and O–H groups in total. The summed E-state index contributed by atoms with van der Waals surface area (Å²) in [7, 11) is 0. The number of hydroxylamine groups is 2. The molecule has 1 aromatic rings. The fourth-order valence-electron chi connectivity index (χ4n) is 1.93. The number of nitrogens with zero attached hydrogens (tertiary/aromatic N) is 2. The molecular formula is C12H14N2O2. The van der Waals surface area contributed by atoms with Gasteiger partial charge in [-0.1, -0.05) is 18.2 Å². The van der Waals surface area contributed by atoms with E-state index in [0.717, 1.165) is 15.4 Å². The summed E-state index contributed by atoms with van der Waals surface area (Å²) in [6.45, 7) is 4.91. The molecule has 84 valence electrons. The highest BCUT2D eigenvalue weighted by atomic mass is 16.5. The average Bonchev–Trinajstić information content (AvgIpc) is 2.42. The fourth-order valence-corrected chi connectivity index (χ4v) is 1.93. The van der Waals surface area contributed by atoms with Gasteiger partial charge in [0, 0.05) is 18.8 Å². The molecule has 0 saturated carbocycles. The average molecular weight is 218 g/mol. The fraction of sp³-hybridized carbons (Fsp3) is 0.333. The predicted octanol–water partition coefficient (Wildman–Crippen LogP) is 2.70. The van der Waals surface area contributed by atoms with Gasteiger partial charge in [0.05, 0.1) is 16.0 Å². The molecule has 4 heteroatoms. The van der Waals surface area contributed by atoms with E-state index in [0.29, 0.717) is 11.4 Å². The second-order valence-electron chi connectivity index (χ2n) is 4.38. The van der Waals surface area contributed by atoms with Crippen LogP contribution in [0.1, 0.15) is 26.3 Å². The van der Waals surface area contributed by atoms with E-state index in [9.17, 15) is 10.1 Å². The second kappa shape index (κ2) is 3.42. The van der Waals surface area contributed by atoms with Gasteiger partial charge in [-0.05, 0) is 19.1 Å². The van der Waals surface area contributed by atoms with Gasteiger partial charge >= 0.3 is 0 Å². The first kappa shape index (κ1) is 10.8. The van der Waals surface area contributed by atoms with Gasteiger partial charge in [-0.25, -0.2) is 0 Å². The van der Waals surface area contributed by atoms with Crippen LogP contribution in [-0.2, 0) is 0 Å². The Balaban J connectivity index is 2.55. The van der Waals surface area contributed by atoms with Crippen LogP contribution in [-0.4, -0.2) is 15.5 Å². The molecule has 0 unspecified atom stereocenters. The molecule has 1 aliphatic heterocycles. The molecule has 0 saturated heterocycles. The number of allylic oxidation sites excluding steroid dienone is 1. The maximum Gasteiger partial charge on any atom is 0.284 e. The highest BCUT2D eigenvalue weighted by Crippen LogP contribution is 2.37. The minimum absolute atomic E-state index is 0.459. The second-order valence-corrected chi connectivity index (χ2v) is 4.38. The van der Waals surface area contributed by atoms with E-state index in [1.807, 2.05) is 30.3 Å². The maximum atomic E-state index is 12.1. The van der Waals surface area contributed by atoms with E-state index in [1.54, 1.807) is 20.8 Å². The van der Waals surface area contributed by atoms with Crippen LogP contribution in [0, 0.1) is 10.1 Å². The molecule has 0 amide bonds. The van der Waals surface area contributed by atoms with Gasteiger partial charge in [-0.2, -0.15) is 0 Å². The van der Waals surface area contributed by atoms with Crippen molar-refractivity contribution < 1.29 is 4.76 Å². The van der Waals surface area contributed by atoms with E-state index < -0.39 is 5.66 Å². The Morgan fingerprint density at radius 3 is 2.25 bits per heavy atom. The van der Waals surface area contributed by atoms with Crippen LogP contribution < -0.4 is 0 Å². The molecule has 1 aromatic carbocycles. The predicted molar refractivity (Wildman–Crippen MR) is 61.9 cm³/mol. The van der Waals surface area contributed by atoms with Gasteiger partial charge in [0.15, 0.2) is 0 Å². The van der Waals surface area contributed by atoms with Crippen molar-refractivity contribution in [3.63, 3.8) is 0 Å². The molecule has 4 nitrogen and oxygen atoms in total. The quantitative estimate of drug-likeness (QED) is 0.681. The van der Waals surface area contributed by atoms with E-state index in [-0.39, 0.29) is 0 Å². The number of nitroso groups, excluding NO2 is 1. The Hall–Kier alpha value is -1.68. The van der Waals surface area contributed by atoms with Gasteiger partial charge in [0.2, 0.25) is 0 Å². The van der Waals surface area contributed by atoms with Crippen LogP contribution in [0.15, 0.2) is 36.0 Å². The first-order valence-corrected chi connectivity index (χ1v) is 5.17. The zero-order valence-corrected chi connectivity index (χ0v) is 9.60. The zero-order chi connectivity index (χ0) is 11.9. The lowest BCUT2D eigenvalue weighted by Crippen LogP contribution is -2.40. The van der Waals surface area contributed by atoms with E-state index in [1.165, 1.54) is 0 Å². The van der Waals surface area contributed by atoms with Crippen molar-refractivity contribution in [3.8, 4) is 0 Å². The van der Waals surface area contributed by atoms with Crippen LogP contribution in [0.25, 0.3) is 5.70 Å². The van der Waals surface area contributed by atoms with Crippen LogP contribution in [0.4, 0.5) is 0 Å². The smallest absolute Gasteiger partial charge is 0.284 e. The Bertz CT molecular complexity index is 463. The maximum absolute atomic E-state index is 12.1. The van der Waals surface area contributed by atoms with E-state index >= 15 is 0 Å². The zero-order valence-electron chi connectivity index (χ0n) is 9.60. The largest absolute Gasteiger partial charge is 0.753 e. The number of hydrogen-bond acceptors (Lipinski definition) is 3. The van der Waals surface area contributed by atoms with Crippen LogP contribution in [0.2, 0.25) is 0 Å². The lowest BCUT2D eigenvalue weighted by atomic mass is 10.1. The monoisotopic (exact) mass is 218 g/mol. The third-order valence-electron chi connectivity index (χ3n) is 2.89. The highest BCUT2D eigenvalue weighted by Gasteiger charge is 2.48. The van der Waals surface area contributed by atoms with Crippen molar-refractivity contribution in [3.05, 3.63) is 51.7 Å². The number of benzene rings is 1. The molecule has 1 aliphatic rings. The minimum atomic E-state index is -1.06. The summed E-state index contributed by atoms with van der Waals surface area (Å²) >= 11 is 0. The van der Waals surface area contributed by atoms with Crippen molar-refractivity contribution >= 4 is 5.70 Å². The first-order valence-electron chi connectivity index (χ1n) is 5.17. The number of rotatable bonds is 1. The normalized spacial score (nSPS) is 19.5. The van der Waals surface area contributed by atoms with Crippen LogP contribution in [0.5, 0.6) is 0 Å². The van der Waals surface area contributed by atoms with Gasteiger partial charge in [-0.3, -0.25) is 0 Å². The Morgan fingerprint density at radius 1 is 1.25 bits per heavy atom. The van der Waals surface area contributed by atoms with Gasteiger partial charge < -0.3 is 10.3 Å². The summed E-state index contributed by atoms with van der Waals surface area (Å²) < 4.78 is 0.782. The SMILES string of the molecule is CC1=C(c2ccccc2)[N+](=O)C(C)(C)N1[O-]. The van der Waals surface area contributed by atoms with Crippen molar-refractivity contribution in [1.82, 2.24) is 5.06 Å². The lowest BCUT2D eigenvalue weighted by molar-refractivity contribution is -0.549. The van der Waals surface area contributed by atoms with Crippen LogP contribution >= 0.6 is 0 Å². The third-order valence-corrected chi connectivity index (χ3v) is 2.89. The van der Waals surface area contributed by atoms with Crippen molar-refractivity contribution in [2.45, 2.75) is 26.4 Å². The highest BCUT2D eigenvalue weighted by molar-refractivity contribution is 5.62. The molecule has 2 rings (SSSR count). The molecular weight excluding hydrogens is 204 g/mol. The summed E-state index contributed by atoms with van der Waals surface area (Å²) in [5.74, 6) is 0. The van der Waals surface area contributed by atoms with Gasteiger partial charge in [0.25, 0.3) is 11.4 Å². The topological polar surface area (TPSA) is 46.4 Å². The molecule has 1 heterocycles. The molecule has 16 heavy (non-hydrogen) atoms. The van der Waals surface area contributed by atoms with Crippen molar-refractivity contribution in [2.75, 3.05) is 0 Å². The van der Waals surface area contributed by atoms with Crippen LogP contribution in [0.3, 0.4) is 0 Å².